The maximum Gasteiger partial charge on any atom is 0.0921 e. The Labute approximate surface area is 103 Å². The molecule has 0 bridgehead atoms. The molecule has 1 aliphatic carbocycles. The van der Waals surface area contributed by atoms with Crippen LogP contribution in [0.3, 0.4) is 0 Å². The molecular formula is C14H23N3. The smallest absolute Gasteiger partial charge is 0.0921 e. The van der Waals surface area contributed by atoms with Gasteiger partial charge >= 0.3 is 0 Å². The van der Waals surface area contributed by atoms with Gasteiger partial charge in [0.2, 0.25) is 0 Å². The van der Waals surface area contributed by atoms with Crippen LogP contribution in [0.1, 0.15) is 38.3 Å². The largest absolute Gasteiger partial charge is 0.348 e. The van der Waals surface area contributed by atoms with Crippen molar-refractivity contribution in [3.63, 3.8) is 0 Å². The zero-order valence-electron chi connectivity index (χ0n) is 10.7. The van der Waals surface area contributed by atoms with Gasteiger partial charge in [0.15, 0.2) is 0 Å². The molecule has 4 atom stereocenters. The standard InChI is InChI=1S/C14H23N3/c1-10-11(7-12-8-15-9-17-12)4-5-14-13(10)3-2-6-16-14/h8-11,13-14,16H,2-7H2,1H3,(H,15,17). The van der Waals surface area contributed by atoms with E-state index in [-0.39, 0.29) is 0 Å². The molecule has 1 saturated carbocycles. The third kappa shape index (κ3) is 2.25. The fraction of sp³-hybridized carbons (Fsp3) is 0.786. The maximum atomic E-state index is 4.13. The molecule has 0 spiro atoms. The predicted octanol–water partition coefficient (Wildman–Crippen LogP) is 2.37. The quantitative estimate of drug-likeness (QED) is 0.823. The Morgan fingerprint density at radius 2 is 2.29 bits per heavy atom. The first-order chi connectivity index (χ1) is 8.34. The van der Waals surface area contributed by atoms with Crippen LogP contribution in [0.5, 0.6) is 0 Å². The van der Waals surface area contributed by atoms with Crippen molar-refractivity contribution in [2.75, 3.05) is 6.54 Å². The lowest BCUT2D eigenvalue weighted by Gasteiger charge is -2.44. The minimum atomic E-state index is 0.803. The second-order valence-electron chi connectivity index (χ2n) is 5.84. The third-order valence-electron chi connectivity index (χ3n) is 4.94. The van der Waals surface area contributed by atoms with Gasteiger partial charge in [-0.05, 0) is 56.4 Å². The van der Waals surface area contributed by atoms with Crippen LogP contribution in [0.2, 0.25) is 0 Å². The fourth-order valence-corrected chi connectivity index (χ4v) is 3.90. The molecule has 1 saturated heterocycles. The molecule has 1 aromatic rings. The monoisotopic (exact) mass is 233 g/mol. The van der Waals surface area contributed by atoms with Gasteiger partial charge in [0.25, 0.3) is 0 Å². The van der Waals surface area contributed by atoms with E-state index in [0.29, 0.717) is 0 Å². The number of piperidine rings is 1. The minimum absolute atomic E-state index is 0.803. The normalized spacial score (nSPS) is 37.7. The van der Waals surface area contributed by atoms with Gasteiger partial charge in [0, 0.05) is 17.9 Å². The molecule has 3 nitrogen and oxygen atoms in total. The van der Waals surface area contributed by atoms with Gasteiger partial charge in [0.05, 0.1) is 6.33 Å². The van der Waals surface area contributed by atoms with Gasteiger partial charge in [-0.2, -0.15) is 0 Å². The summed E-state index contributed by atoms with van der Waals surface area (Å²) in [5, 5.41) is 3.71. The first-order valence-electron chi connectivity index (χ1n) is 7.05. The molecule has 17 heavy (non-hydrogen) atoms. The zero-order valence-corrected chi connectivity index (χ0v) is 10.7. The molecule has 2 N–H and O–H groups in total. The highest BCUT2D eigenvalue weighted by Crippen LogP contribution is 2.40. The third-order valence-corrected chi connectivity index (χ3v) is 4.94. The number of H-pyrrole nitrogens is 1. The van der Waals surface area contributed by atoms with Crippen LogP contribution in [-0.4, -0.2) is 22.6 Å². The molecule has 2 aliphatic rings. The Hall–Kier alpha value is -0.830. The minimum Gasteiger partial charge on any atom is -0.348 e. The number of nitrogens with one attached hydrogen (secondary N) is 2. The Morgan fingerprint density at radius 1 is 1.35 bits per heavy atom. The topological polar surface area (TPSA) is 40.7 Å². The second-order valence-corrected chi connectivity index (χ2v) is 5.84. The molecule has 0 amide bonds. The first-order valence-corrected chi connectivity index (χ1v) is 7.05. The van der Waals surface area contributed by atoms with Gasteiger partial charge in [-0.25, -0.2) is 4.98 Å². The Kier molecular flexibility index (Phi) is 3.19. The summed E-state index contributed by atoms with van der Waals surface area (Å²) in [7, 11) is 0. The van der Waals surface area contributed by atoms with Gasteiger partial charge < -0.3 is 10.3 Å². The van der Waals surface area contributed by atoms with E-state index in [2.05, 4.69) is 22.2 Å². The van der Waals surface area contributed by atoms with Gasteiger partial charge in [-0.15, -0.1) is 0 Å². The summed E-state index contributed by atoms with van der Waals surface area (Å²) in [5.41, 5.74) is 1.31. The van der Waals surface area contributed by atoms with Crippen molar-refractivity contribution in [3.8, 4) is 0 Å². The Morgan fingerprint density at radius 3 is 3.12 bits per heavy atom. The van der Waals surface area contributed by atoms with Gasteiger partial charge in [0.1, 0.15) is 0 Å². The number of hydrogen-bond donors (Lipinski definition) is 2. The van der Waals surface area contributed by atoms with Crippen molar-refractivity contribution in [2.24, 2.45) is 17.8 Å². The summed E-state index contributed by atoms with van der Waals surface area (Å²) in [6.07, 6.45) is 10.5. The van der Waals surface area contributed by atoms with Crippen molar-refractivity contribution in [3.05, 3.63) is 18.2 Å². The molecule has 1 aliphatic heterocycles. The lowest BCUT2D eigenvalue weighted by atomic mass is 9.66. The van der Waals surface area contributed by atoms with E-state index in [4.69, 9.17) is 0 Å². The van der Waals surface area contributed by atoms with Crippen LogP contribution in [0.4, 0.5) is 0 Å². The summed E-state index contributed by atoms with van der Waals surface area (Å²) < 4.78 is 0. The molecule has 0 radical (unpaired) electrons. The van der Waals surface area contributed by atoms with Crippen molar-refractivity contribution in [2.45, 2.75) is 45.1 Å². The van der Waals surface area contributed by atoms with E-state index >= 15 is 0 Å². The van der Waals surface area contributed by atoms with Crippen LogP contribution < -0.4 is 5.32 Å². The highest BCUT2D eigenvalue weighted by Gasteiger charge is 2.37. The SMILES string of the molecule is CC1C(Cc2cnc[nH]2)CCC2NCCCC21. The number of aromatic amines is 1. The summed E-state index contributed by atoms with van der Waals surface area (Å²) in [6, 6.07) is 0.803. The van der Waals surface area contributed by atoms with Crippen LogP contribution in [0.25, 0.3) is 0 Å². The molecule has 0 aromatic carbocycles. The second kappa shape index (κ2) is 4.81. The van der Waals surface area contributed by atoms with Gasteiger partial charge in [-0.1, -0.05) is 6.92 Å². The molecule has 3 heteroatoms. The van der Waals surface area contributed by atoms with E-state index in [1.54, 1.807) is 6.33 Å². The molecular weight excluding hydrogens is 210 g/mol. The molecule has 94 valence electrons. The number of fused-ring (bicyclic) bond motifs is 1. The van der Waals surface area contributed by atoms with Crippen molar-refractivity contribution < 1.29 is 0 Å². The summed E-state index contributed by atoms with van der Waals surface area (Å²) >= 11 is 0. The predicted molar refractivity (Wildman–Crippen MR) is 68.7 cm³/mol. The van der Waals surface area contributed by atoms with Crippen LogP contribution >= 0.6 is 0 Å². The van der Waals surface area contributed by atoms with Crippen LogP contribution in [0, 0.1) is 17.8 Å². The van der Waals surface area contributed by atoms with Crippen LogP contribution in [-0.2, 0) is 6.42 Å². The van der Waals surface area contributed by atoms with E-state index in [0.717, 1.165) is 23.8 Å². The molecule has 3 rings (SSSR count). The molecule has 2 heterocycles. The van der Waals surface area contributed by atoms with E-state index in [1.165, 1.54) is 44.3 Å². The zero-order chi connectivity index (χ0) is 11.7. The first kappa shape index (κ1) is 11.3. The number of hydrogen-bond acceptors (Lipinski definition) is 2. The number of rotatable bonds is 2. The van der Waals surface area contributed by atoms with E-state index in [1.807, 2.05) is 6.20 Å². The number of aromatic nitrogens is 2. The van der Waals surface area contributed by atoms with Crippen molar-refractivity contribution >= 4 is 0 Å². The number of imidazole rings is 1. The average Bonchev–Trinajstić information content (AvgIpc) is 2.86. The van der Waals surface area contributed by atoms with Crippen molar-refractivity contribution in [1.29, 1.82) is 0 Å². The Balaban J connectivity index is 1.66. The molecule has 1 aromatic heterocycles. The number of nitrogens with zero attached hydrogens (tertiary/aromatic N) is 1. The summed E-state index contributed by atoms with van der Waals surface area (Å²) in [6.45, 7) is 3.70. The van der Waals surface area contributed by atoms with E-state index in [9.17, 15) is 0 Å². The lowest BCUT2D eigenvalue weighted by molar-refractivity contribution is 0.0950. The lowest BCUT2D eigenvalue weighted by Crippen LogP contribution is -2.48. The highest BCUT2D eigenvalue weighted by atomic mass is 14.9. The summed E-state index contributed by atoms with van der Waals surface area (Å²) in [5.74, 6) is 2.60. The van der Waals surface area contributed by atoms with E-state index < -0.39 is 0 Å². The Bertz CT molecular complexity index is 346. The highest BCUT2D eigenvalue weighted by molar-refractivity contribution is 5.00. The molecule has 4 unspecified atom stereocenters. The average molecular weight is 233 g/mol. The van der Waals surface area contributed by atoms with Crippen LogP contribution in [0.15, 0.2) is 12.5 Å². The molecule has 2 fully saturated rings. The maximum absolute atomic E-state index is 4.13. The van der Waals surface area contributed by atoms with Gasteiger partial charge in [-0.3, -0.25) is 0 Å². The summed E-state index contributed by atoms with van der Waals surface area (Å²) in [4.78, 5) is 7.38. The van der Waals surface area contributed by atoms with Crippen molar-refractivity contribution in [1.82, 2.24) is 15.3 Å². The fourth-order valence-electron chi connectivity index (χ4n) is 3.90.